The summed E-state index contributed by atoms with van der Waals surface area (Å²) in [4.78, 5) is 29.2. The highest BCUT2D eigenvalue weighted by molar-refractivity contribution is 7.99. The van der Waals surface area contributed by atoms with E-state index in [2.05, 4.69) is 10.3 Å². The van der Waals surface area contributed by atoms with Crippen molar-refractivity contribution in [1.29, 1.82) is 5.26 Å². The predicted octanol–water partition coefficient (Wildman–Crippen LogP) is 2.81. The van der Waals surface area contributed by atoms with E-state index in [1.165, 1.54) is 29.2 Å². The number of rotatable bonds is 5. The Morgan fingerprint density at radius 1 is 1.44 bits per heavy atom. The van der Waals surface area contributed by atoms with E-state index < -0.39 is 0 Å². The largest absolute Gasteiger partial charge is 0.325 e. The number of hydrogen-bond acceptors (Lipinski definition) is 6. The van der Waals surface area contributed by atoms with E-state index in [1.54, 1.807) is 28.7 Å². The average Bonchev–Trinajstić information content (AvgIpc) is 2.96. The van der Waals surface area contributed by atoms with Gasteiger partial charge in [-0.1, -0.05) is 6.07 Å². The molecule has 6 nitrogen and oxygen atoms in total. The lowest BCUT2D eigenvalue weighted by molar-refractivity contribution is -0.113. The van der Waals surface area contributed by atoms with Crippen molar-refractivity contribution in [2.45, 2.75) is 12.7 Å². The van der Waals surface area contributed by atoms with Gasteiger partial charge in [0.15, 0.2) is 4.96 Å². The summed E-state index contributed by atoms with van der Waals surface area (Å²) in [5, 5.41) is 13.5. The topological polar surface area (TPSA) is 87.3 Å². The van der Waals surface area contributed by atoms with Gasteiger partial charge in [-0.2, -0.15) is 5.26 Å². The number of thioether (sulfide) groups is 1. The molecule has 0 aliphatic carbocycles. The Labute approximate surface area is 152 Å². The number of fused-ring (bicyclic) bond motifs is 1. The molecule has 2 heterocycles. The van der Waals surface area contributed by atoms with Crippen LogP contribution in [0.25, 0.3) is 4.96 Å². The second kappa shape index (κ2) is 7.51. The molecule has 8 heteroatoms. The predicted molar refractivity (Wildman–Crippen MR) is 100 cm³/mol. The molecule has 0 saturated heterocycles. The Morgan fingerprint density at radius 2 is 2.28 bits per heavy atom. The second-order valence-corrected chi connectivity index (χ2v) is 7.14. The fourth-order valence-electron chi connectivity index (χ4n) is 2.29. The van der Waals surface area contributed by atoms with E-state index in [-0.39, 0.29) is 17.2 Å². The van der Waals surface area contributed by atoms with Crippen molar-refractivity contribution in [3.63, 3.8) is 0 Å². The Bertz CT molecular complexity index is 1030. The number of nitriles is 1. The number of carbonyl (C=O) groups excluding carboxylic acids is 1. The van der Waals surface area contributed by atoms with E-state index in [9.17, 15) is 9.59 Å². The number of aromatic nitrogens is 2. The standard InChI is InChI=1S/C17H14N4O2S2/c1-11-8-25-17-20-14(6-16(23)21(11)17)9-24-10-15(22)19-13-4-2-3-12(5-13)7-18/h2-6,8H,9-10H2,1H3,(H,19,22). The first-order chi connectivity index (χ1) is 12.1. The number of amides is 1. The molecule has 0 aliphatic heterocycles. The van der Waals surface area contributed by atoms with Gasteiger partial charge in [0.2, 0.25) is 5.91 Å². The molecule has 0 atom stereocenters. The minimum absolute atomic E-state index is 0.0999. The molecule has 0 unspecified atom stereocenters. The number of carbonyl (C=O) groups is 1. The van der Waals surface area contributed by atoms with Gasteiger partial charge < -0.3 is 5.32 Å². The van der Waals surface area contributed by atoms with Gasteiger partial charge in [0.1, 0.15) is 0 Å². The molecule has 1 aromatic carbocycles. The van der Waals surface area contributed by atoms with Gasteiger partial charge in [0.05, 0.1) is 23.1 Å². The zero-order valence-electron chi connectivity index (χ0n) is 13.4. The highest BCUT2D eigenvalue weighted by Gasteiger charge is 2.08. The van der Waals surface area contributed by atoms with Crippen LogP contribution in [0.3, 0.4) is 0 Å². The smallest absolute Gasteiger partial charge is 0.258 e. The summed E-state index contributed by atoms with van der Waals surface area (Å²) >= 11 is 2.81. The number of aryl methyl sites for hydroxylation is 1. The maximum absolute atomic E-state index is 12.1. The van der Waals surface area contributed by atoms with Crippen LogP contribution in [-0.4, -0.2) is 21.0 Å². The van der Waals surface area contributed by atoms with Gasteiger partial charge in [-0.25, -0.2) is 4.98 Å². The van der Waals surface area contributed by atoms with Gasteiger partial charge in [0, 0.05) is 28.6 Å². The van der Waals surface area contributed by atoms with Crippen molar-refractivity contribution >= 4 is 39.7 Å². The van der Waals surface area contributed by atoms with Gasteiger partial charge in [-0.15, -0.1) is 23.1 Å². The van der Waals surface area contributed by atoms with E-state index in [1.807, 2.05) is 18.4 Å². The fraction of sp³-hybridized carbons (Fsp3) is 0.176. The molecule has 3 rings (SSSR count). The number of nitrogens with one attached hydrogen (secondary N) is 1. The van der Waals surface area contributed by atoms with Crippen LogP contribution in [0, 0.1) is 18.3 Å². The molecule has 126 valence electrons. The molecule has 3 aromatic rings. The maximum atomic E-state index is 12.1. The van der Waals surface area contributed by atoms with Crippen LogP contribution in [0.15, 0.2) is 40.5 Å². The Hall–Kier alpha value is -2.63. The number of anilines is 1. The summed E-state index contributed by atoms with van der Waals surface area (Å²) in [6, 6.07) is 10.3. The summed E-state index contributed by atoms with van der Waals surface area (Å²) in [7, 11) is 0. The lowest BCUT2D eigenvalue weighted by Gasteiger charge is -2.05. The minimum Gasteiger partial charge on any atom is -0.325 e. The van der Waals surface area contributed by atoms with Crippen molar-refractivity contribution < 1.29 is 4.79 Å². The third kappa shape index (κ3) is 4.07. The zero-order chi connectivity index (χ0) is 17.8. The van der Waals surface area contributed by atoms with Gasteiger partial charge in [-0.3, -0.25) is 14.0 Å². The lowest BCUT2D eigenvalue weighted by Crippen LogP contribution is -2.16. The van der Waals surface area contributed by atoms with Gasteiger partial charge in [0.25, 0.3) is 5.56 Å². The number of benzene rings is 1. The first kappa shape index (κ1) is 17.2. The molecule has 1 amide bonds. The summed E-state index contributed by atoms with van der Waals surface area (Å²) in [5.41, 5.74) is 2.52. The molecule has 0 saturated carbocycles. The fourth-order valence-corrected chi connectivity index (χ4v) is 3.89. The molecule has 0 fully saturated rings. The average molecular weight is 370 g/mol. The summed E-state index contributed by atoms with van der Waals surface area (Å²) in [5.74, 6) is 0.556. The van der Waals surface area contributed by atoms with Gasteiger partial charge in [-0.05, 0) is 25.1 Å². The van der Waals surface area contributed by atoms with E-state index in [4.69, 9.17) is 5.26 Å². The normalized spacial score (nSPS) is 10.6. The van der Waals surface area contributed by atoms with Crippen LogP contribution in [0.1, 0.15) is 17.0 Å². The van der Waals surface area contributed by atoms with E-state index in [0.717, 1.165) is 5.69 Å². The SMILES string of the molecule is Cc1csc2nc(CSCC(=O)Nc3cccc(C#N)c3)cc(=O)n12. The van der Waals surface area contributed by atoms with Crippen molar-refractivity contribution in [3.8, 4) is 6.07 Å². The molecule has 0 bridgehead atoms. The van der Waals surface area contributed by atoms with E-state index >= 15 is 0 Å². The minimum atomic E-state index is -0.162. The maximum Gasteiger partial charge on any atom is 0.258 e. The lowest BCUT2D eigenvalue weighted by atomic mass is 10.2. The van der Waals surface area contributed by atoms with Crippen molar-refractivity contribution in [3.05, 3.63) is 63.0 Å². The Morgan fingerprint density at radius 3 is 3.08 bits per heavy atom. The summed E-state index contributed by atoms with van der Waals surface area (Å²) < 4.78 is 1.58. The number of nitrogens with zero attached hydrogens (tertiary/aromatic N) is 3. The van der Waals surface area contributed by atoms with Crippen molar-refractivity contribution in [2.24, 2.45) is 0 Å². The van der Waals surface area contributed by atoms with Crippen LogP contribution < -0.4 is 10.9 Å². The molecule has 2 aromatic heterocycles. The highest BCUT2D eigenvalue weighted by Crippen LogP contribution is 2.15. The summed E-state index contributed by atoms with van der Waals surface area (Å²) in [6.07, 6.45) is 0. The molecular weight excluding hydrogens is 356 g/mol. The summed E-state index contributed by atoms with van der Waals surface area (Å²) in [6.45, 7) is 1.87. The van der Waals surface area contributed by atoms with E-state index in [0.29, 0.717) is 27.7 Å². The molecule has 0 spiro atoms. The van der Waals surface area contributed by atoms with Crippen LogP contribution in [0.2, 0.25) is 0 Å². The van der Waals surface area contributed by atoms with Crippen molar-refractivity contribution in [2.75, 3.05) is 11.1 Å². The molecule has 25 heavy (non-hydrogen) atoms. The monoisotopic (exact) mass is 370 g/mol. The van der Waals surface area contributed by atoms with Crippen LogP contribution in [0.4, 0.5) is 5.69 Å². The Balaban J connectivity index is 1.58. The van der Waals surface area contributed by atoms with Crippen molar-refractivity contribution in [1.82, 2.24) is 9.38 Å². The second-order valence-electron chi connectivity index (χ2n) is 5.31. The quantitative estimate of drug-likeness (QED) is 0.746. The number of hydrogen-bond donors (Lipinski definition) is 1. The molecule has 0 aliphatic rings. The highest BCUT2D eigenvalue weighted by atomic mass is 32.2. The first-order valence-electron chi connectivity index (χ1n) is 7.41. The number of thiazole rings is 1. The zero-order valence-corrected chi connectivity index (χ0v) is 15.0. The molecule has 1 N–H and O–H groups in total. The first-order valence-corrected chi connectivity index (χ1v) is 9.45. The third-order valence-electron chi connectivity index (χ3n) is 3.39. The van der Waals surface area contributed by atoms with Crippen LogP contribution in [0.5, 0.6) is 0 Å². The molecular formula is C17H14N4O2S2. The third-order valence-corrected chi connectivity index (χ3v) is 5.30. The van der Waals surface area contributed by atoms with Crippen LogP contribution >= 0.6 is 23.1 Å². The Kier molecular flexibility index (Phi) is 5.16. The van der Waals surface area contributed by atoms with Crippen LogP contribution in [-0.2, 0) is 10.5 Å². The molecule has 0 radical (unpaired) electrons. The van der Waals surface area contributed by atoms with Gasteiger partial charge >= 0.3 is 0 Å².